The highest BCUT2D eigenvalue weighted by Crippen LogP contribution is 2.39. The Hall–Kier alpha value is 0.300. The van der Waals surface area contributed by atoms with Gasteiger partial charge in [0.2, 0.25) is 0 Å². The van der Waals surface area contributed by atoms with Gasteiger partial charge in [-0.3, -0.25) is 0 Å². The van der Waals surface area contributed by atoms with Crippen molar-refractivity contribution in [3.05, 3.63) is 31.7 Å². The molecule has 1 atom stereocenters. The third-order valence-electron chi connectivity index (χ3n) is 1.77. The molecule has 1 rings (SSSR count). The third-order valence-corrected chi connectivity index (χ3v) is 3.37. The molecule has 0 saturated carbocycles. The topological polar surface area (TPSA) is 52.0 Å². The van der Waals surface area contributed by atoms with Crippen molar-refractivity contribution >= 4 is 46.4 Å². The van der Waals surface area contributed by atoms with E-state index < -0.39 is 6.04 Å². The monoisotopic (exact) mass is 272 g/mol. The molecule has 0 aliphatic carbocycles. The van der Waals surface area contributed by atoms with Crippen LogP contribution in [0.25, 0.3) is 0 Å². The summed E-state index contributed by atoms with van der Waals surface area (Å²) in [4.78, 5) is 0. The quantitative estimate of drug-likeness (QED) is 0.813. The zero-order valence-electron chi connectivity index (χ0n) is 7.03. The van der Waals surface area contributed by atoms with Gasteiger partial charge in [-0.1, -0.05) is 46.4 Å². The Morgan fingerprint density at radius 3 is 1.86 bits per heavy atom. The maximum atomic E-state index is 5.93. The molecule has 0 fully saturated rings. The number of hydrogen-bond acceptors (Lipinski definition) is 2. The lowest BCUT2D eigenvalue weighted by Crippen LogP contribution is -2.21. The minimum absolute atomic E-state index is 0.218. The molecule has 0 heterocycles. The SMILES string of the molecule is NCC(N)c1c(Cl)c(Cl)cc(Cl)c1Cl. The number of halogens is 4. The Labute approximate surface area is 102 Å². The first kappa shape index (κ1) is 12.4. The molecule has 0 saturated heterocycles. The highest BCUT2D eigenvalue weighted by molar-refractivity contribution is 6.48. The maximum Gasteiger partial charge on any atom is 0.0656 e. The van der Waals surface area contributed by atoms with Crippen LogP contribution in [-0.4, -0.2) is 6.54 Å². The van der Waals surface area contributed by atoms with E-state index in [0.29, 0.717) is 25.7 Å². The van der Waals surface area contributed by atoms with Crippen LogP contribution in [-0.2, 0) is 0 Å². The average Bonchev–Trinajstić information content (AvgIpc) is 2.15. The predicted molar refractivity (Wildman–Crippen MR) is 62.5 cm³/mol. The number of rotatable bonds is 2. The van der Waals surface area contributed by atoms with Gasteiger partial charge in [0.25, 0.3) is 0 Å². The molecule has 6 heteroatoms. The van der Waals surface area contributed by atoms with Gasteiger partial charge >= 0.3 is 0 Å². The zero-order valence-corrected chi connectivity index (χ0v) is 10.1. The fourth-order valence-electron chi connectivity index (χ4n) is 1.04. The summed E-state index contributed by atoms with van der Waals surface area (Å²) in [5.74, 6) is 0. The summed E-state index contributed by atoms with van der Waals surface area (Å²) in [6.07, 6.45) is 0. The van der Waals surface area contributed by atoms with Crippen molar-refractivity contribution in [1.82, 2.24) is 0 Å². The minimum Gasteiger partial charge on any atom is -0.329 e. The Morgan fingerprint density at radius 1 is 1.07 bits per heavy atom. The van der Waals surface area contributed by atoms with Gasteiger partial charge in [-0.15, -0.1) is 0 Å². The number of hydrogen-bond donors (Lipinski definition) is 2. The molecule has 0 spiro atoms. The summed E-state index contributed by atoms with van der Waals surface area (Å²) >= 11 is 23.5. The lowest BCUT2D eigenvalue weighted by Gasteiger charge is -2.15. The van der Waals surface area contributed by atoms with Crippen molar-refractivity contribution in [2.45, 2.75) is 6.04 Å². The van der Waals surface area contributed by atoms with Gasteiger partial charge in [0.05, 0.1) is 20.1 Å². The first-order chi connectivity index (χ1) is 6.49. The van der Waals surface area contributed by atoms with Crippen LogP contribution in [0.15, 0.2) is 6.07 Å². The molecule has 1 unspecified atom stereocenters. The second-order valence-corrected chi connectivity index (χ2v) is 4.29. The molecule has 78 valence electrons. The van der Waals surface area contributed by atoms with E-state index in [0.717, 1.165) is 0 Å². The molecule has 0 amide bonds. The second kappa shape index (κ2) is 4.88. The molecule has 2 nitrogen and oxygen atoms in total. The zero-order chi connectivity index (χ0) is 10.9. The standard InChI is InChI=1S/C8H8Cl4N2/c9-3-1-4(10)8(12)6(7(3)11)5(14)2-13/h1,5H,2,13-14H2. The van der Waals surface area contributed by atoms with E-state index in [-0.39, 0.29) is 6.54 Å². The minimum atomic E-state index is -0.466. The Balaban J connectivity index is 3.39. The molecule has 1 aromatic carbocycles. The summed E-state index contributed by atoms with van der Waals surface area (Å²) in [7, 11) is 0. The van der Waals surface area contributed by atoms with E-state index in [2.05, 4.69) is 0 Å². The van der Waals surface area contributed by atoms with Crippen LogP contribution < -0.4 is 11.5 Å². The van der Waals surface area contributed by atoms with E-state index in [9.17, 15) is 0 Å². The molecule has 1 aromatic rings. The van der Waals surface area contributed by atoms with E-state index in [1.807, 2.05) is 0 Å². The molecule has 14 heavy (non-hydrogen) atoms. The Bertz CT molecular complexity index is 327. The predicted octanol–water partition coefficient (Wildman–Crippen LogP) is 3.26. The molecule has 4 N–H and O–H groups in total. The fraction of sp³-hybridized carbons (Fsp3) is 0.250. The fourth-order valence-corrected chi connectivity index (χ4v) is 2.14. The normalized spacial score (nSPS) is 13.0. The molecular weight excluding hydrogens is 266 g/mol. The van der Waals surface area contributed by atoms with Crippen LogP contribution >= 0.6 is 46.4 Å². The lowest BCUT2D eigenvalue weighted by atomic mass is 10.1. The summed E-state index contributed by atoms with van der Waals surface area (Å²) < 4.78 is 0. The average molecular weight is 274 g/mol. The molecule has 0 bridgehead atoms. The van der Waals surface area contributed by atoms with Crippen LogP contribution in [0.4, 0.5) is 0 Å². The van der Waals surface area contributed by atoms with Gasteiger partial charge in [0, 0.05) is 18.2 Å². The van der Waals surface area contributed by atoms with Crippen LogP contribution in [0, 0.1) is 0 Å². The highest BCUT2D eigenvalue weighted by Gasteiger charge is 2.18. The van der Waals surface area contributed by atoms with E-state index in [4.69, 9.17) is 57.9 Å². The van der Waals surface area contributed by atoms with Crippen LogP contribution in [0.1, 0.15) is 11.6 Å². The van der Waals surface area contributed by atoms with E-state index in [1.54, 1.807) is 0 Å². The largest absolute Gasteiger partial charge is 0.329 e. The highest BCUT2D eigenvalue weighted by atomic mass is 35.5. The van der Waals surface area contributed by atoms with Crippen molar-refractivity contribution in [2.75, 3.05) is 6.54 Å². The second-order valence-electron chi connectivity index (χ2n) is 2.72. The number of nitrogens with two attached hydrogens (primary N) is 2. The van der Waals surface area contributed by atoms with E-state index in [1.165, 1.54) is 6.07 Å². The van der Waals surface area contributed by atoms with Gasteiger partial charge < -0.3 is 11.5 Å². The van der Waals surface area contributed by atoms with Gasteiger partial charge in [-0.05, 0) is 6.07 Å². The van der Waals surface area contributed by atoms with Crippen LogP contribution in [0.2, 0.25) is 20.1 Å². The van der Waals surface area contributed by atoms with Crippen molar-refractivity contribution < 1.29 is 0 Å². The molecular formula is C8H8Cl4N2. The van der Waals surface area contributed by atoms with Crippen molar-refractivity contribution in [1.29, 1.82) is 0 Å². The summed E-state index contributed by atoms with van der Waals surface area (Å²) in [5.41, 5.74) is 11.6. The number of benzene rings is 1. The summed E-state index contributed by atoms with van der Waals surface area (Å²) in [6, 6.07) is 1.01. The smallest absolute Gasteiger partial charge is 0.0656 e. The summed E-state index contributed by atoms with van der Waals surface area (Å²) in [6.45, 7) is 0.218. The lowest BCUT2D eigenvalue weighted by molar-refractivity contribution is 0.737. The first-order valence-electron chi connectivity index (χ1n) is 3.77. The molecule has 0 aliphatic heterocycles. The maximum absolute atomic E-state index is 5.93. The third kappa shape index (κ3) is 2.27. The van der Waals surface area contributed by atoms with Gasteiger partial charge in [0.15, 0.2) is 0 Å². The van der Waals surface area contributed by atoms with Gasteiger partial charge in [-0.2, -0.15) is 0 Å². The van der Waals surface area contributed by atoms with Crippen molar-refractivity contribution in [3.8, 4) is 0 Å². The van der Waals surface area contributed by atoms with Crippen LogP contribution in [0.5, 0.6) is 0 Å². The van der Waals surface area contributed by atoms with Crippen LogP contribution in [0.3, 0.4) is 0 Å². The summed E-state index contributed by atoms with van der Waals surface area (Å²) in [5, 5.41) is 1.25. The molecule has 0 aliphatic rings. The first-order valence-corrected chi connectivity index (χ1v) is 5.28. The van der Waals surface area contributed by atoms with E-state index >= 15 is 0 Å². The molecule has 0 aromatic heterocycles. The van der Waals surface area contributed by atoms with Gasteiger partial charge in [0.1, 0.15) is 0 Å². The molecule has 0 radical (unpaired) electrons. The van der Waals surface area contributed by atoms with Crippen molar-refractivity contribution in [2.24, 2.45) is 11.5 Å². The van der Waals surface area contributed by atoms with Crippen molar-refractivity contribution in [3.63, 3.8) is 0 Å². The van der Waals surface area contributed by atoms with Gasteiger partial charge in [-0.25, -0.2) is 0 Å². The Morgan fingerprint density at radius 2 is 1.50 bits per heavy atom. The Kier molecular flexibility index (Phi) is 4.31.